The molecule has 1 saturated heterocycles. The fraction of sp³-hybridized carbons (Fsp3) is 0.458. The van der Waals surface area contributed by atoms with Crippen molar-refractivity contribution in [3.8, 4) is 5.75 Å². The molecule has 1 fully saturated rings. The number of halogens is 1. The van der Waals surface area contributed by atoms with Crippen LogP contribution in [0, 0.1) is 0 Å². The highest BCUT2D eigenvalue weighted by Gasteiger charge is 2.19. The first-order chi connectivity index (χ1) is 14.2. The van der Waals surface area contributed by atoms with Crippen molar-refractivity contribution in [2.75, 3.05) is 19.6 Å². The SMILES string of the molecule is CC[C@H]1CCCCN1CCCNC(=O)c1cccc(OCc2ccccc2Cl)c1. The summed E-state index contributed by atoms with van der Waals surface area (Å²) in [6, 6.07) is 15.6. The van der Waals surface area contributed by atoms with E-state index < -0.39 is 0 Å². The molecule has 1 aliphatic rings. The summed E-state index contributed by atoms with van der Waals surface area (Å²) in [5.74, 6) is 0.607. The normalized spacial score (nSPS) is 17.1. The zero-order chi connectivity index (χ0) is 20.5. The number of nitrogens with zero attached hydrogens (tertiary/aromatic N) is 1. The maximum Gasteiger partial charge on any atom is 0.251 e. The largest absolute Gasteiger partial charge is 0.489 e. The minimum Gasteiger partial charge on any atom is -0.489 e. The second kappa shape index (κ2) is 11.2. The second-order valence-corrected chi connectivity index (χ2v) is 8.02. The van der Waals surface area contributed by atoms with E-state index in [0.29, 0.717) is 35.5 Å². The number of hydrogen-bond acceptors (Lipinski definition) is 3. The van der Waals surface area contributed by atoms with E-state index in [0.717, 1.165) is 18.5 Å². The summed E-state index contributed by atoms with van der Waals surface area (Å²) in [5.41, 5.74) is 1.54. The van der Waals surface area contributed by atoms with E-state index in [-0.39, 0.29) is 5.91 Å². The van der Waals surface area contributed by atoms with Crippen LogP contribution in [0.5, 0.6) is 5.75 Å². The van der Waals surface area contributed by atoms with Crippen LogP contribution in [0.1, 0.15) is 54.9 Å². The van der Waals surface area contributed by atoms with Gasteiger partial charge in [0.25, 0.3) is 5.91 Å². The van der Waals surface area contributed by atoms with Crippen LogP contribution in [0.15, 0.2) is 48.5 Å². The van der Waals surface area contributed by atoms with Crippen LogP contribution in [0.4, 0.5) is 0 Å². The van der Waals surface area contributed by atoms with Crippen molar-refractivity contribution in [1.82, 2.24) is 10.2 Å². The van der Waals surface area contributed by atoms with Crippen molar-refractivity contribution in [3.63, 3.8) is 0 Å². The van der Waals surface area contributed by atoms with E-state index in [1.165, 1.54) is 32.2 Å². The minimum absolute atomic E-state index is 0.0566. The Labute approximate surface area is 179 Å². The summed E-state index contributed by atoms with van der Waals surface area (Å²) < 4.78 is 5.82. The van der Waals surface area contributed by atoms with Gasteiger partial charge in [-0.3, -0.25) is 4.79 Å². The van der Waals surface area contributed by atoms with Crippen LogP contribution in [0.25, 0.3) is 0 Å². The van der Waals surface area contributed by atoms with Crippen molar-refractivity contribution >= 4 is 17.5 Å². The number of carbonyl (C=O) groups excluding carboxylic acids is 1. The van der Waals surface area contributed by atoms with Gasteiger partial charge < -0.3 is 15.0 Å². The third kappa shape index (κ3) is 6.48. The number of hydrogen-bond donors (Lipinski definition) is 1. The third-order valence-corrected chi connectivity index (χ3v) is 5.95. The average molecular weight is 415 g/mol. The van der Waals surface area contributed by atoms with Crippen molar-refractivity contribution in [3.05, 3.63) is 64.7 Å². The first kappa shape index (κ1) is 21.7. The van der Waals surface area contributed by atoms with Gasteiger partial charge >= 0.3 is 0 Å². The van der Waals surface area contributed by atoms with Crippen LogP contribution in [-0.4, -0.2) is 36.5 Å². The summed E-state index contributed by atoms with van der Waals surface area (Å²) in [4.78, 5) is 15.1. The molecular weight excluding hydrogens is 384 g/mol. The molecule has 29 heavy (non-hydrogen) atoms. The Kier molecular flexibility index (Phi) is 8.38. The number of amides is 1. The maximum absolute atomic E-state index is 12.5. The zero-order valence-corrected chi connectivity index (χ0v) is 18.0. The Morgan fingerprint density at radius 2 is 2.07 bits per heavy atom. The molecule has 2 aromatic carbocycles. The van der Waals surface area contributed by atoms with E-state index in [9.17, 15) is 4.79 Å². The number of nitrogens with one attached hydrogen (secondary N) is 1. The third-order valence-electron chi connectivity index (χ3n) is 5.58. The Bertz CT molecular complexity index is 796. The van der Waals surface area contributed by atoms with E-state index >= 15 is 0 Å². The summed E-state index contributed by atoms with van der Waals surface area (Å²) in [7, 11) is 0. The van der Waals surface area contributed by atoms with Crippen molar-refractivity contribution in [1.29, 1.82) is 0 Å². The van der Waals surface area contributed by atoms with Crippen LogP contribution < -0.4 is 10.1 Å². The van der Waals surface area contributed by atoms with Gasteiger partial charge in [0.15, 0.2) is 0 Å². The molecule has 1 heterocycles. The molecule has 0 unspecified atom stereocenters. The lowest BCUT2D eigenvalue weighted by Crippen LogP contribution is -2.40. The van der Waals surface area contributed by atoms with Crippen LogP contribution >= 0.6 is 11.6 Å². The Morgan fingerprint density at radius 3 is 2.90 bits per heavy atom. The Balaban J connectivity index is 1.44. The molecule has 0 aliphatic carbocycles. The number of piperidine rings is 1. The van der Waals surface area contributed by atoms with Crippen LogP contribution in [-0.2, 0) is 6.61 Å². The summed E-state index contributed by atoms with van der Waals surface area (Å²) >= 11 is 6.17. The molecule has 0 radical (unpaired) electrons. The summed E-state index contributed by atoms with van der Waals surface area (Å²) in [6.07, 6.45) is 6.15. The highest BCUT2D eigenvalue weighted by atomic mass is 35.5. The molecule has 5 heteroatoms. The summed E-state index contributed by atoms with van der Waals surface area (Å²) in [6.45, 7) is 5.58. The fourth-order valence-electron chi connectivity index (χ4n) is 3.91. The van der Waals surface area contributed by atoms with E-state index in [2.05, 4.69) is 17.1 Å². The number of rotatable bonds is 9. The van der Waals surface area contributed by atoms with Gasteiger partial charge in [-0.15, -0.1) is 0 Å². The topological polar surface area (TPSA) is 41.6 Å². The molecular formula is C24H31ClN2O2. The second-order valence-electron chi connectivity index (χ2n) is 7.61. The number of likely N-dealkylation sites (tertiary alicyclic amines) is 1. The van der Waals surface area contributed by atoms with Gasteiger partial charge in [0.1, 0.15) is 12.4 Å². The predicted octanol–water partition coefficient (Wildman–Crippen LogP) is 5.30. The molecule has 2 aromatic rings. The van der Waals surface area contributed by atoms with Gasteiger partial charge in [0.2, 0.25) is 0 Å². The monoisotopic (exact) mass is 414 g/mol. The van der Waals surface area contributed by atoms with Gasteiger partial charge in [0, 0.05) is 35.3 Å². The van der Waals surface area contributed by atoms with Gasteiger partial charge in [0.05, 0.1) is 0 Å². The average Bonchev–Trinajstić information content (AvgIpc) is 2.76. The quantitative estimate of drug-likeness (QED) is 0.566. The van der Waals surface area contributed by atoms with Gasteiger partial charge in [-0.1, -0.05) is 49.2 Å². The van der Waals surface area contributed by atoms with Gasteiger partial charge in [-0.25, -0.2) is 0 Å². The first-order valence-corrected chi connectivity index (χ1v) is 11.0. The molecule has 0 bridgehead atoms. The molecule has 1 N–H and O–H groups in total. The fourth-order valence-corrected chi connectivity index (χ4v) is 4.10. The summed E-state index contributed by atoms with van der Waals surface area (Å²) in [5, 5.41) is 3.72. The molecule has 0 aromatic heterocycles. The number of carbonyl (C=O) groups is 1. The highest BCUT2D eigenvalue weighted by molar-refractivity contribution is 6.31. The van der Waals surface area contributed by atoms with Crippen molar-refractivity contribution in [2.24, 2.45) is 0 Å². The number of ether oxygens (including phenoxy) is 1. The smallest absolute Gasteiger partial charge is 0.251 e. The van der Waals surface area contributed by atoms with E-state index in [1.807, 2.05) is 42.5 Å². The van der Waals surface area contributed by atoms with Crippen LogP contribution in [0.3, 0.4) is 0 Å². The van der Waals surface area contributed by atoms with Crippen molar-refractivity contribution in [2.45, 2.75) is 51.7 Å². The molecule has 1 atom stereocenters. The zero-order valence-electron chi connectivity index (χ0n) is 17.2. The first-order valence-electron chi connectivity index (χ1n) is 10.7. The molecule has 0 spiro atoms. The van der Waals surface area contributed by atoms with Crippen molar-refractivity contribution < 1.29 is 9.53 Å². The van der Waals surface area contributed by atoms with E-state index in [1.54, 1.807) is 6.07 Å². The number of benzene rings is 2. The lowest BCUT2D eigenvalue weighted by Gasteiger charge is -2.35. The molecule has 4 nitrogen and oxygen atoms in total. The Hall–Kier alpha value is -2.04. The predicted molar refractivity (Wildman–Crippen MR) is 119 cm³/mol. The van der Waals surface area contributed by atoms with Gasteiger partial charge in [-0.05, 0) is 56.5 Å². The Morgan fingerprint density at radius 1 is 1.21 bits per heavy atom. The maximum atomic E-state index is 12.5. The van der Waals surface area contributed by atoms with Gasteiger partial charge in [-0.2, -0.15) is 0 Å². The molecule has 1 aliphatic heterocycles. The lowest BCUT2D eigenvalue weighted by atomic mass is 10.00. The standard InChI is InChI=1S/C24H31ClN2O2/c1-2-21-11-5-6-15-27(21)16-8-14-26-24(28)19-10-7-12-22(17-19)29-18-20-9-3-4-13-23(20)25/h3-4,7,9-10,12-13,17,21H,2,5-6,8,11,14-16,18H2,1H3,(H,26,28)/t21-/m0/s1. The highest BCUT2D eigenvalue weighted by Crippen LogP contribution is 2.20. The minimum atomic E-state index is -0.0566. The molecule has 1 amide bonds. The molecule has 0 saturated carbocycles. The molecule has 3 rings (SSSR count). The molecule has 156 valence electrons. The van der Waals surface area contributed by atoms with Crippen LogP contribution in [0.2, 0.25) is 5.02 Å². The van der Waals surface area contributed by atoms with E-state index in [4.69, 9.17) is 16.3 Å². The lowest BCUT2D eigenvalue weighted by molar-refractivity contribution is 0.0947.